The molecule has 2 rings (SSSR count). The van der Waals surface area contributed by atoms with Gasteiger partial charge in [0.1, 0.15) is 0 Å². The quantitative estimate of drug-likeness (QED) is 0.776. The van der Waals surface area contributed by atoms with E-state index in [9.17, 15) is 18.0 Å². The highest BCUT2D eigenvalue weighted by Gasteiger charge is 2.35. The standard InChI is InChI=1S/C14H12F3NO/c1-9-5-3-4-6-10(9)12-11(14(15,16)17)7-8-18(2)13(12)19/h3-8H,1-2H3. The number of alkyl halides is 3. The number of hydrogen-bond donors (Lipinski definition) is 0. The number of hydrogen-bond acceptors (Lipinski definition) is 1. The Bertz CT molecular complexity index is 671. The molecular formula is C14H12F3NO. The topological polar surface area (TPSA) is 22.0 Å². The van der Waals surface area contributed by atoms with Gasteiger partial charge in [-0.25, -0.2) is 0 Å². The second-order valence-corrected chi connectivity index (χ2v) is 4.33. The van der Waals surface area contributed by atoms with E-state index >= 15 is 0 Å². The SMILES string of the molecule is Cc1ccccc1-c1c(C(F)(F)F)ccn(C)c1=O. The summed E-state index contributed by atoms with van der Waals surface area (Å²) in [5.74, 6) is 0. The summed E-state index contributed by atoms with van der Waals surface area (Å²) >= 11 is 0. The maximum atomic E-state index is 13.0. The Morgan fingerprint density at radius 3 is 2.32 bits per heavy atom. The molecule has 0 N–H and O–H groups in total. The molecule has 0 fully saturated rings. The van der Waals surface area contributed by atoms with Gasteiger partial charge in [-0.3, -0.25) is 4.79 Å². The molecule has 0 aliphatic rings. The van der Waals surface area contributed by atoms with Crippen molar-refractivity contribution in [2.24, 2.45) is 7.05 Å². The molecule has 2 nitrogen and oxygen atoms in total. The number of aryl methyl sites for hydroxylation is 2. The first-order valence-electron chi connectivity index (χ1n) is 5.65. The summed E-state index contributed by atoms with van der Waals surface area (Å²) in [6.07, 6.45) is -3.42. The van der Waals surface area contributed by atoms with Crippen LogP contribution in [-0.2, 0) is 13.2 Å². The molecule has 1 aromatic carbocycles. The minimum atomic E-state index is -4.55. The van der Waals surface area contributed by atoms with Gasteiger partial charge in [0.05, 0.1) is 11.1 Å². The van der Waals surface area contributed by atoms with Gasteiger partial charge in [0.15, 0.2) is 0 Å². The Balaban J connectivity index is 2.86. The normalized spacial score (nSPS) is 11.6. The third-order valence-corrected chi connectivity index (χ3v) is 2.99. The summed E-state index contributed by atoms with van der Waals surface area (Å²) in [4.78, 5) is 12.1. The molecule has 0 amide bonds. The minimum Gasteiger partial charge on any atom is -0.318 e. The van der Waals surface area contributed by atoms with E-state index in [0.29, 0.717) is 11.1 Å². The largest absolute Gasteiger partial charge is 0.417 e. The van der Waals surface area contributed by atoms with Crippen LogP contribution in [0, 0.1) is 6.92 Å². The van der Waals surface area contributed by atoms with E-state index in [1.165, 1.54) is 13.1 Å². The molecule has 0 saturated heterocycles. The highest BCUT2D eigenvalue weighted by Crippen LogP contribution is 2.35. The van der Waals surface area contributed by atoms with E-state index in [0.717, 1.165) is 16.8 Å². The smallest absolute Gasteiger partial charge is 0.318 e. The second-order valence-electron chi connectivity index (χ2n) is 4.33. The number of benzene rings is 1. The van der Waals surface area contributed by atoms with Crippen molar-refractivity contribution < 1.29 is 13.2 Å². The lowest BCUT2D eigenvalue weighted by molar-refractivity contribution is -0.137. The number of nitrogens with zero attached hydrogens (tertiary/aromatic N) is 1. The Kier molecular flexibility index (Phi) is 3.22. The molecule has 5 heteroatoms. The van der Waals surface area contributed by atoms with Gasteiger partial charge in [-0.2, -0.15) is 13.2 Å². The van der Waals surface area contributed by atoms with Crippen LogP contribution in [0.5, 0.6) is 0 Å². The van der Waals surface area contributed by atoms with Gasteiger partial charge in [0, 0.05) is 13.2 Å². The van der Waals surface area contributed by atoms with Gasteiger partial charge in [0.25, 0.3) is 5.56 Å². The highest BCUT2D eigenvalue weighted by molar-refractivity contribution is 5.70. The molecular weight excluding hydrogens is 255 g/mol. The lowest BCUT2D eigenvalue weighted by Gasteiger charge is -2.15. The van der Waals surface area contributed by atoms with Gasteiger partial charge in [-0.1, -0.05) is 24.3 Å². The van der Waals surface area contributed by atoms with Crippen LogP contribution >= 0.6 is 0 Å². The summed E-state index contributed by atoms with van der Waals surface area (Å²) in [6, 6.07) is 7.49. The maximum Gasteiger partial charge on any atom is 0.417 e. The third-order valence-electron chi connectivity index (χ3n) is 2.99. The Morgan fingerprint density at radius 2 is 1.74 bits per heavy atom. The van der Waals surface area contributed by atoms with Crippen molar-refractivity contribution in [1.82, 2.24) is 4.57 Å². The molecule has 0 atom stereocenters. The van der Waals surface area contributed by atoms with Crippen molar-refractivity contribution in [3.8, 4) is 11.1 Å². The van der Waals surface area contributed by atoms with E-state index < -0.39 is 17.3 Å². The maximum absolute atomic E-state index is 13.0. The predicted octanol–water partition coefficient (Wildman–Crippen LogP) is 3.38. The van der Waals surface area contributed by atoms with Crippen LogP contribution in [0.4, 0.5) is 13.2 Å². The molecule has 2 aromatic rings. The first-order valence-corrected chi connectivity index (χ1v) is 5.65. The van der Waals surface area contributed by atoms with Gasteiger partial charge < -0.3 is 4.57 Å². The second kappa shape index (κ2) is 4.57. The molecule has 0 aliphatic carbocycles. The van der Waals surface area contributed by atoms with Crippen molar-refractivity contribution in [3.63, 3.8) is 0 Å². The minimum absolute atomic E-state index is 0.296. The van der Waals surface area contributed by atoms with Gasteiger partial charge in [0.2, 0.25) is 0 Å². The van der Waals surface area contributed by atoms with Gasteiger partial charge >= 0.3 is 6.18 Å². The van der Waals surface area contributed by atoms with Crippen LogP contribution in [0.25, 0.3) is 11.1 Å². The third kappa shape index (κ3) is 2.41. The van der Waals surface area contributed by atoms with Crippen LogP contribution < -0.4 is 5.56 Å². The Morgan fingerprint density at radius 1 is 1.11 bits per heavy atom. The lowest BCUT2D eigenvalue weighted by Crippen LogP contribution is -2.23. The van der Waals surface area contributed by atoms with Crippen molar-refractivity contribution in [2.45, 2.75) is 13.1 Å². The lowest BCUT2D eigenvalue weighted by atomic mass is 9.97. The number of rotatable bonds is 1. The molecule has 100 valence electrons. The zero-order chi connectivity index (χ0) is 14.2. The van der Waals surface area contributed by atoms with E-state index in [1.54, 1.807) is 25.1 Å². The van der Waals surface area contributed by atoms with E-state index in [-0.39, 0.29) is 5.56 Å². The summed E-state index contributed by atoms with van der Waals surface area (Å²) in [5.41, 5.74) is -0.892. The fourth-order valence-corrected chi connectivity index (χ4v) is 1.98. The van der Waals surface area contributed by atoms with Crippen molar-refractivity contribution in [2.75, 3.05) is 0 Å². The Hall–Kier alpha value is -2.04. The zero-order valence-corrected chi connectivity index (χ0v) is 10.5. The van der Waals surface area contributed by atoms with Crippen LogP contribution in [0.2, 0.25) is 0 Å². The van der Waals surface area contributed by atoms with E-state index in [2.05, 4.69) is 0 Å². The molecule has 0 spiro atoms. The van der Waals surface area contributed by atoms with Crippen molar-refractivity contribution in [1.29, 1.82) is 0 Å². The van der Waals surface area contributed by atoms with Gasteiger partial charge in [-0.15, -0.1) is 0 Å². The number of halogens is 3. The zero-order valence-electron chi connectivity index (χ0n) is 10.5. The van der Waals surface area contributed by atoms with Gasteiger partial charge in [-0.05, 0) is 24.1 Å². The summed E-state index contributed by atoms with van der Waals surface area (Å²) in [6.45, 7) is 1.68. The molecule has 0 radical (unpaired) electrons. The molecule has 0 aliphatic heterocycles. The van der Waals surface area contributed by atoms with Crippen molar-refractivity contribution in [3.05, 3.63) is 58.0 Å². The molecule has 1 aromatic heterocycles. The van der Waals surface area contributed by atoms with Crippen LogP contribution in [0.1, 0.15) is 11.1 Å². The van der Waals surface area contributed by atoms with Crippen molar-refractivity contribution >= 4 is 0 Å². The first kappa shape index (κ1) is 13.4. The number of pyridine rings is 1. The van der Waals surface area contributed by atoms with E-state index in [4.69, 9.17) is 0 Å². The molecule has 1 heterocycles. The van der Waals surface area contributed by atoms with Crippen LogP contribution in [-0.4, -0.2) is 4.57 Å². The Labute approximate surface area is 108 Å². The highest BCUT2D eigenvalue weighted by atomic mass is 19.4. The monoisotopic (exact) mass is 267 g/mol. The van der Waals surface area contributed by atoms with Crippen LogP contribution in [0.3, 0.4) is 0 Å². The molecule has 0 saturated carbocycles. The first-order chi connectivity index (χ1) is 8.82. The molecule has 0 unspecified atom stereocenters. The fraction of sp³-hybridized carbons (Fsp3) is 0.214. The summed E-state index contributed by atoms with van der Waals surface area (Å²) in [7, 11) is 1.43. The average molecular weight is 267 g/mol. The predicted molar refractivity (Wildman–Crippen MR) is 66.9 cm³/mol. The fourth-order valence-electron chi connectivity index (χ4n) is 1.98. The van der Waals surface area contributed by atoms with Crippen LogP contribution in [0.15, 0.2) is 41.3 Å². The summed E-state index contributed by atoms with van der Waals surface area (Å²) < 4.78 is 40.2. The number of aromatic nitrogens is 1. The van der Waals surface area contributed by atoms with E-state index in [1.807, 2.05) is 0 Å². The molecule has 0 bridgehead atoms. The molecule has 19 heavy (non-hydrogen) atoms. The average Bonchev–Trinajstić information content (AvgIpc) is 2.32. The summed E-state index contributed by atoms with van der Waals surface area (Å²) in [5, 5.41) is 0.